The second kappa shape index (κ2) is 6.94. The normalized spacial score (nSPS) is 17.9. The number of methoxy groups -OCH3 is 1. The predicted octanol–water partition coefficient (Wildman–Crippen LogP) is 0.432. The van der Waals surface area contributed by atoms with E-state index < -0.39 is 18.2 Å². The van der Waals surface area contributed by atoms with Crippen LogP contribution in [0.3, 0.4) is 0 Å². The molecule has 0 fully saturated rings. The van der Waals surface area contributed by atoms with Crippen molar-refractivity contribution in [2.24, 2.45) is 0 Å². The fraction of sp³-hybridized carbons (Fsp3) is 0.429. The number of carboxylic acids is 1. The molecule has 0 saturated heterocycles. The number of carboxylic acid groups (broad SMARTS) is 1. The zero-order valence-corrected chi connectivity index (χ0v) is 11.6. The van der Waals surface area contributed by atoms with E-state index in [-0.39, 0.29) is 25.5 Å². The first-order chi connectivity index (χ1) is 10.1. The summed E-state index contributed by atoms with van der Waals surface area (Å²) in [4.78, 5) is 22.6. The van der Waals surface area contributed by atoms with E-state index in [0.29, 0.717) is 11.5 Å². The Morgan fingerprint density at radius 2 is 2.14 bits per heavy atom. The van der Waals surface area contributed by atoms with Crippen molar-refractivity contribution >= 4 is 11.9 Å². The summed E-state index contributed by atoms with van der Waals surface area (Å²) >= 11 is 0. The molecule has 1 aliphatic heterocycles. The highest BCUT2D eigenvalue weighted by molar-refractivity contribution is 5.81. The van der Waals surface area contributed by atoms with E-state index in [4.69, 9.17) is 19.3 Å². The van der Waals surface area contributed by atoms with Gasteiger partial charge in [0.2, 0.25) is 6.10 Å². The van der Waals surface area contributed by atoms with Crippen LogP contribution >= 0.6 is 0 Å². The summed E-state index contributed by atoms with van der Waals surface area (Å²) in [6.07, 6.45) is -1.52. The Kier molecular flexibility index (Phi) is 4.99. The van der Waals surface area contributed by atoms with E-state index in [0.717, 1.165) is 0 Å². The third kappa shape index (κ3) is 4.09. The number of carbonyl (C=O) groups excluding carboxylic acids is 1. The van der Waals surface area contributed by atoms with Crippen LogP contribution in [0.4, 0.5) is 0 Å². The molecular weight excluding hydrogens is 278 g/mol. The molecular formula is C14H17NO6. The van der Waals surface area contributed by atoms with Crippen LogP contribution in [0.15, 0.2) is 24.3 Å². The summed E-state index contributed by atoms with van der Waals surface area (Å²) in [6.45, 7) is 0.211. The van der Waals surface area contributed by atoms with Gasteiger partial charge in [-0.25, -0.2) is 0 Å². The van der Waals surface area contributed by atoms with Gasteiger partial charge in [0.1, 0.15) is 6.61 Å². The fourth-order valence-corrected chi connectivity index (χ4v) is 1.91. The molecule has 2 atom stereocenters. The van der Waals surface area contributed by atoms with Gasteiger partial charge in [-0.1, -0.05) is 12.1 Å². The van der Waals surface area contributed by atoms with Crippen molar-refractivity contribution in [3.8, 4) is 11.5 Å². The number of fused-ring (bicyclic) bond motifs is 1. The van der Waals surface area contributed by atoms with Gasteiger partial charge >= 0.3 is 5.97 Å². The third-order valence-corrected chi connectivity index (χ3v) is 3.04. The van der Waals surface area contributed by atoms with Crippen molar-refractivity contribution in [3.63, 3.8) is 0 Å². The molecule has 2 unspecified atom stereocenters. The number of carbonyl (C=O) groups is 2. The molecule has 7 nitrogen and oxygen atoms in total. The number of rotatable bonds is 6. The molecule has 2 N–H and O–H groups in total. The Hall–Kier alpha value is -2.28. The molecule has 1 aromatic carbocycles. The number of nitrogens with one attached hydrogen (secondary N) is 1. The lowest BCUT2D eigenvalue weighted by molar-refractivity contribution is -0.140. The van der Waals surface area contributed by atoms with Gasteiger partial charge in [0.15, 0.2) is 11.5 Å². The van der Waals surface area contributed by atoms with Crippen LogP contribution in [-0.2, 0) is 14.3 Å². The van der Waals surface area contributed by atoms with E-state index in [9.17, 15) is 9.59 Å². The third-order valence-electron chi connectivity index (χ3n) is 3.04. The molecule has 0 spiro atoms. The lowest BCUT2D eigenvalue weighted by Crippen LogP contribution is -2.46. The minimum absolute atomic E-state index is 0.100. The fourth-order valence-electron chi connectivity index (χ4n) is 1.91. The summed E-state index contributed by atoms with van der Waals surface area (Å²) in [6, 6.07) is 7.09. The molecule has 0 radical (unpaired) electrons. The van der Waals surface area contributed by atoms with Gasteiger partial charge < -0.3 is 24.6 Å². The first-order valence-electron chi connectivity index (χ1n) is 6.51. The summed E-state index contributed by atoms with van der Waals surface area (Å²) < 4.78 is 16.0. The van der Waals surface area contributed by atoms with Crippen LogP contribution in [-0.4, -0.2) is 49.5 Å². The summed E-state index contributed by atoms with van der Waals surface area (Å²) in [7, 11) is 1.40. The SMILES string of the molecule is COC(CNC(=O)C1COc2ccccc2O1)CC(=O)O. The molecule has 1 amide bonds. The standard InChI is InChI=1S/C14H17NO6/c1-19-9(6-13(16)17)7-15-14(18)12-8-20-10-4-2-3-5-11(10)21-12/h2-5,9,12H,6-8H2,1H3,(H,15,18)(H,16,17). The van der Waals surface area contributed by atoms with Gasteiger partial charge in [-0.2, -0.15) is 0 Å². The van der Waals surface area contributed by atoms with Crippen LogP contribution in [0.1, 0.15) is 6.42 Å². The van der Waals surface area contributed by atoms with Crippen molar-refractivity contribution in [3.05, 3.63) is 24.3 Å². The highest BCUT2D eigenvalue weighted by Crippen LogP contribution is 2.30. The van der Waals surface area contributed by atoms with Gasteiger partial charge in [-0.3, -0.25) is 9.59 Å². The Morgan fingerprint density at radius 1 is 1.43 bits per heavy atom. The highest BCUT2D eigenvalue weighted by Gasteiger charge is 2.27. The maximum Gasteiger partial charge on any atom is 0.306 e. The zero-order valence-electron chi connectivity index (χ0n) is 11.6. The lowest BCUT2D eigenvalue weighted by atomic mass is 10.2. The van der Waals surface area contributed by atoms with E-state index in [1.165, 1.54) is 7.11 Å². The maximum absolute atomic E-state index is 12.0. The van der Waals surface area contributed by atoms with Gasteiger partial charge in [-0.05, 0) is 12.1 Å². The smallest absolute Gasteiger partial charge is 0.306 e. The number of ether oxygens (including phenoxy) is 3. The van der Waals surface area contributed by atoms with Crippen LogP contribution in [0, 0.1) is 0 Å². The molecule has 0 bridgehead atoms. The van der Waals surface area contributed by atoms with Crippen molar-refractivity contribution in [1.29, 1.82) is 0 Å². The molecule has 0 aromatic heterocycles. The minimum atomic E-state index is -0.984. The average molecular weight is 295 g/mol. The second-order valence-corrected chi connectivity index (χ2v) is 4.56. The largest absolute Gasteiger partial charge is 0.485 e. The molecule has 2 rings (SSSR count). The average Bonchev–Trinajstić information content (AvgIpc) is 2.50. The lowest BCUT2D eigenvalue weighted by Gasteiger charge is -2.26. The maximum atomic E-state index is 12.0. The summed E-state index contributed by atoms with van der Waals surface area (Å²) in [5.74, 6) is -0.237. The van der Waals surface area contributed by atoms with Gasteiger partial charge in [0, 0.05) is 13.7 Å². The van der Waals surface area contributed by atoms with Crippen molar-refractivity contribution < 1.29 is 28.9 Å². The molecule has 0 aliphatic carbocycles. The van der Waals surface area contributed by atoms with Crippen LogP contribution in [0.5, 0.6) is 11.5 Å². The molecule has 1 aromatic rings. The zero-order chi connectivity index (χ0) is 15.2. The molecule has 1 aliphatic rings. The number of hydrogen-bond donors (Lipinski definition) is 2. The highest BCUT2D eigenvalue weighted by atomic mass is 16.6. The van der Waals surface area contributed by atoms with Gasteiger partial charge in [-0.15, -0.1) is 0 Å². The molecule has 21 heavy (non-hydrogen) atoms. The number of aliphatic carboxylic acids is 1. The molecule has 1 heterocycles. The van der Waals surface area contributed by atoms with Crippen molar-refractivity contribution in [1.82, 2.24) is 5.32 Å². The Labute approximate surface area is 121 Å². The molecule has 7 heteroatoms. The Balaban J connectivity index is 1.86. The molecule has 114 valence electrons. The monoisotopic (exact) mass is 295 g/mol. The van der Waals surface area contributed by atoms with E-state index in [1.54, 1.807) is 18.2 Å². The van der Waals surface area contributed by atoms with E-state index in [1.807, 2.05) is 6.07 Å². The number of amides is 1. The second-order valence-electron chi connectivity index (χ2n) is 4.56. The summed E-state index contributed by atoms with van der Waals surface area (Å²) in [5, 5.41) is 11.3. The van der Waals surface area contributed by atoms with Crippen LogP contribution < -0.4 is 14.8 Å². The van der Waals surface area contributed by atoms with Crippen LogP contribution in [0.2, 0.25) is 0 Å². The topological polar surface area (TPSA) is 94.1 Å². The number of benzene rings is 1. The van der Waals surface area contributed by atoms with Gasteiger partial charge in [0.05, 0.1) is 12.5 Å². The van der Waals surface area contributed by atoms with Crippen molar-refractivity contribution in [2.45, 2.75) is 18.6 Å². The number of para-hydroxylation sites is 2. The molecule has 0 saturated carbocycles. The van der Waals surface area contributed by atoms with Crippen molar-refractivity contribution in [2.75, 3.05) is 20.3 Å². The minimum Gasteiger partial charge on any atom is -0.485 e. The Bertz CT molecular complexity index is 518. The van der Waals surface area contributed by atoms with Crippen LogP contribution in [0.25, 0.3) is 0 Å². The van der Waals surface area contributed by atoms with E-state index in [2.05, 4.69) is 5.32 Å². The number of hydrogen-bond acceptors (Lipinski definition) is 5. The van der Waals surface area contributed by atoms with E-state index >= 15 is 0 Å². The summed E-state index contributed by atoms with van der Waals surface area (Å²) in [5.41, 5.74) is 0. The predicted molar refractivity (Wildman–Crippen MR) is 72.4 cm³/mol. The Morgan fingerprint density at radius 3 is 2.81 bits per heavy atom. The first-order valence-corrected chi connectivity index (χ1v) is 6.51. The first kappa shape index (κ1) is 15.1. The van der Waals surface area contributed by atoms with Gasteiger partial charge in [0.25, 0.3) is 5.91 Å². The quantitative estimate of drug-likeness (QED) is 0.790.